The lowest BCUT2D eigenvalue weighted by molar-refractivity contribution is -0.111. The number of hydrogen-bond acceptors (Lipinski definition) is 3. The zero-order valence-electron chi connectivity index (χ0n) is 9.48. The average molecular weight is 236 g/mol. The molecule has 1 unspecified atom stereocenters. The number of ether oxygens (including phenoxy) is 2. The minimum absolute atomic E-state index is 0.0231. The van der Waals surface area contributed by atoms with Gasteiger partial charge < -0.3 is 14.3 Å². The van der Waals surface area contributed by atoms with Gasteiger partial charge in [0.1, 0.15) is 6.61 Å². The van der Waals surface area contributed by atoms with Gasteiger partial charge in [0.2, 0.25) is 0 Å². The van der Waals surface area contributed by atoms with Crippen molar-refractivity contribution in [3.8, 4) is 23.8 Å². The van der Waals surface area contributed by atoms with Gasteiger partial charge in [-0.05, 0) is 17.7 Å². The van der Waals surface area contributed by atoms with Crippen LogP contribution in [0.2, 0.25) is 0 Å². The van der Waals surface area contributed by atoms with Crippen LogP contribution in [0.1, 0.15) is 5.56 Å². The zero-order chi connectivity index (χ0) is 12.7. The van der Waals surface area contributed by atoms with Crippen molar-refractivity contribution in [2.24, 2.45) is 0 Å². The molecule has 0 saturated carbocycles. The maximum Gasteiger partial charge on any atom is 0.162 e. The normalized spacial score (nSPS) is 11.4. The lowest BCUT2D eigenvalue weighted by Gasteiger charge is -2.10. The smallest absolute Gasteiger partial charge is 0.162 e. The summed E-state index contributed by atoms with van der Waals surface area (Å²) < 4.78 is 23.2. The Morgan fingerprint density at radius 3 is 2.88 bits per heavy atom. The number of alkyl halides is 1. The van der Waals surface area contributed by atoms with Crippen LogP contribution in [0.4, 0.5) is 4.39 Å². The third-order valence-electron chi connectivity index (χ3n) is 2.12. The number of hydrogen-bond donors (Lipinski definition) is 0. The molecule has 0 spiro atoms. The summed E-state index contributed by atoms with van der Waals surface area (Å²) in [7, 11) is 1.48. The Morgan fingerprint density at radius 2 is 2.29 bits per heavy atom. The number of carbonyl (C=O) groups is 1. The van der Waals surface area contributed by atoms with E-state index < -0.39 is 6.17 Å². The number of methoxy groups -OCH3 is 1. The molecule has 90 valence electrons. The molecule has 1 rings (SSSR count). The summed E-state index contributed by atoms with van der Waals surface area (Å²) in [5.74, 6) is 3.30. The second-order valence-corrected chi connectivity index (χ2v) is 3.33. The van der Waals surface area contributed by atoms with Crippen LogP contribution < -0.4 is 9.47 Å². The van der Waals surface area contributed by atoms with E-state index in [2.05, 4.69) is 5.92 Å². The molecule has 0 aromatic heterocycles. The number of benzene rings is 1. The number of aldehydes is 1. The maximum absolute atomic E-state index is 12.9. The first-order valence-electron chi connectivity index (χ1n) is 5.03. The van der Waals surface area contributed by atoms with Gasteiger partial charge in [-0.15, -0.1) is 6.42 Å². The molecule has 0 aliphatic rings. The molecular formula is C13H13FO3. The molecule has 4 heteroatoms. The first kappa shape index (κ1) is 13.0. The summed E-state index contributed by atoms with van der Waals surface area (Å²) in [5, 5.41) is 0. The molecule has 1 atom stereocenters. The molecule has 0 aliphatic carbocycles. The Kier molecular flexibility index (Phi) is 5.02. The van der Waals surface area contributed by atoms with E-state index in [9.17, 15) is 9.18 Å². The standard InChI is InChI=1S/C13H13FO3/c1-3-6-17-12-5-4-10(7-11(14)9-15)8-13(12)16-2/h1,4-5,8-9,11H,6-7H2,2H3. The Morgan fingerprint density at radius 1 is 1.53 bits per heavy atom. The quantitative estimate of drug-likeness (QED) is 0.558. The lowest BCUT2D eigenvalue weighted by Crippen LogP contribution is -2.06. The molecule has 1 aromatic carbocycles. The summed E-state index contributed by atoms with van der Waals surface area (Å²) in [6.45, 7) is 0.135. The first-order chi connectivity index (χ1) is 8.21. The van der Waals surface area contributed by atoms with E-state index >= 15 is 0 Å². The number of terminal acetylenes is 1. The number of carbonyl (C=O) groups excluding carboxylic acids is 1. The summed E-state index contributed by atoms with van der Waals surface area (Å²) in [6.07, 6.45) is 3.87. The number of rotatable bonds is 6. The molecule has 0 fully saturated rings. The summed E-state index contributed by atoms with van der Waals surface area (Å²) in [5.41, 5.74) is 0.662. The van der Waals surface area contributed by atoms with Gasteiger partial charge in [0, 0.05) is 6.42 Å². The Balaban J connectivity index is 2.84. The Hall–Kier alpha value is -2.02. The van der Waals surface area contributed by atoms with Crippen LogP contribution in [0.25, 0.3) is 0 Å². The summed E-state index contributed by atoms with van der Waals surface area (Å²) in [4.78, 5) is 10.2. The minimum atomic E-state index is -1.50. The first-order valence-corrected chi connectivity index (χ1v) is 5.03. The lowest BCUT2D eigenvalue weighted by atomic mass is 10.1. The molecular weight excluding hydrogens is 223 g/mol. The Labute approximate surface area is 99.5 Å². The maximum atomic E-state index is 12.9. The molecule has 0 saturated heterocycles. The van der Waals surface area contributed by atoms with Crippen molar-refractivity contribution < 1.29 is 18.7 Å². The van der Waals surface area contributed by atoms with E-state index in [1.807, 2.05) is 0 Å². The molecule has 0 radical (unpaired) electrons. The van der Waals surface area contributed by atoms with Gasteiger partial charge in [-0.3, -0.25) is 0 Å². The van der Waals surface area contributed by atoms with E-state index in [-0.39, 0.29) is 19.3 Å². The highest BCUT2D eigenvalue weighted by atomic mass is 19.1. The van der Waals surface area contributed by atoms with Gasteiger partial charge in [0.25, 0.3) is 0 Å². The van der Waals surface area contributed by atoms with E-state index in [0.29, 0.717) is 17.1 Å². The van der Waals surface area contributed by atoms with Crippen molar-refractivity contribution in [1.29, 1.82) is 0 Å². The van der Waals surface area contributed by atoms with Crippen molar-refractivity contribution in [2.75, 3.05) is 13.7 Å². The molecule has 3 nitrogen and oxygen atoms in total. The van der Waals surface area contributed by atoms with Gasteiger partial charge in [0.05, 0.1) is 7.11 Å². The fraction of sp³-hybridized carbons (Fsp3) is 0.308. The molecule has 0 N–H and O–H groups in total. The van der Waals surface area contributed by atoms with Crippen LogP contribution in [0, 0.1) is 12.3 Å². The van der Waals surface area contributed by atoms with Crippen molar-refractivity contribution in [3.63, 3.8) is 0 Å². The SMILES string of the molecule is C#CCOc1ccc(CC(F)C=O)cc1OC. The summed E-state index contributed by atoms with van der Waals surface area (Å²) in [6, 6.07) is 4.94. The second kappa shape index (κ2) is 6.54. The highest BCUT2D eigenvalue weighted by Crippen LogP contribution is 2.28. The second-order valence-electron chi connectivity index (χ2n) is 3.33. The molecule has 1 aromatic rings. The zero-order valence-corrected chi connectivity index (χ0v) is 9.48. The highest BCUT2D eigenvalue weighted by molar-refractivity contribution is 5.57. The van der Waals surface area contributed by atoms with E-state index in [0.717, 1.165) is 0 Å². The van der Waals surface area contributed by atoms with Crippen molar-refractivity contribution in [1.82, 2.24) is 0 Å². The van der Waals surface area contributed by atoms with Crippen molar-refractivity contribution >= 4 is 6.29 Å². The molecule has 17 heavy (non-hydrogen) atoms. The van der Waals surface area contributed by atoms with Gasteiger partial charge in [0.15, 0.2) is 24.0 Å². The van der Waals surface area contributed by atoms with E-state index in [4.69, 9.17) is 15.9 Å². The van der Waals surface area contributed by atoms with Gasteiger partial charge in [-0.2, -0.15) is 0 Å². The molecule has 0 heterocycles. The third kappa shape index (κ3) is 3.80. The minimum Gasteiger partial charge on any atom is -0.493 e. The fourth-order valence-electron chi connectivity index (χ4n) is 1.35. The number of halogens is 1. The van der Waals surface area contributed by atoms with Gasteiger partial charge >= 0.3 is 0 Å². The van der Waals surface area contributed by atoms with Crippen molar-refractivity contribution in [2.45, 2.75) is 12.6 Å². The monoisotopic (exact) mass is 236 g/mol. The van der Waals surface area contributed by atoms with Gasteiger partial charge in [-0.1, -0.05) is 12.0 Å². The van der Waals surface area contributed by atoms with E-state index in [1.54, 1.807) is 18.2 Å². The van der Waals surface area contributed by atoms with Crippen LogP contribution in [0.3, 0.4) is 0 Å². The third-order valence-corrected chi connectivity index (χ3v) is 2.12. The largest absolute Gasteiger partial charge is 0.493 e. The Bertz CT molecular complexity index is 423. The van der Waals surface area contributed by atoms with Crippen LogP contribution >= 0.6 is 0 Å². The van der Waals surface area contributed by atoms with Crippen LogP contribution in [0.5, 0.6) is 11.5 Å². The fourth-order valence-corrected chi connectivity index (χ4v) is 1.35. The molecule has 0 aliphatic heterocycles. The molecule has 0 bridgehead atoms. The van der Waals surface area contributed by atoms with Crippen molar-refractivity contribution in [3.05, 3.63) is 23.8 Å². The van der Waals surface area contributed by atoms with Crippen LogP contribution in [-0.2, 0) is 11.2 Å². The van der Waals surface area contributed by atoms with E-state index in [1.165, 1.54) is 7.11 Å². The summed E-state index contributed by atoms with van der Waals surface area (Å²) >= 11 is 0. The van der Waals surface area contributed by atoms with Gasteiger partial charge in [-0.25, -0.2) is 4.39 Å². The predicted octanol–water partition coefficient (Wildman–Crippen LogP) is 1.79. The molecule has 0 amide bonds. The van der Waals surface area contributed by atoms with Crippen LogP contribution in [0.15, 0.2) is 18.2 Å². The average Bonchev–Trinajstić information content (AvgIpc) is 2.36. The predicted molar refractivity (Wildman–Crippen MR) is 62.0 cm³/mol. The topological polar surface area (TPSA) is 35.5 Å². The van der Waals surface area contributed by atoms with Crippen LogP contribution in [-0.4, -0.2) is 26.2 Å². The highest BCUT2D eigenvalue weighted by Gasteiger charge is 2.09.